The summed E-state index contributed by atoms with van der Waals surface area (Å²) < 4.78 is 0. The molecule has 5 nitrogen and oxygen atoms in total. The van der Waals surface area contributed by atoms with Crippen LogP contribution in [0.4, 0.5) is 5.95 Å². The van der Waals surface area contributed by atoms with Crippen molar-refractivity contribution in [2.45, 2.75) is 0 Å². The van der Waals surface area contributed by atoms with E-state index in [-0.39, 0.29) is 0 Å². The predicted octanol–water partition coefficient (Wildman–Crippen LogP) is 0.950. The zero-order chi connectivity index (χ0) is 8.93. The molecule has 0 aliphatic carbocycles. The number of rotatable bonds is 2. The van der Waals surface area contributed by atoms with Crippen LogP contribution in [0.1, 0.15) is 5.56 Å². The fourth-order valence-electron chi connectivity index (χ4n) is 0.846. The molecule has 0 unspecified atom stereocenters. The summed E-state index contributed by atoms with van der Waals surface area (Å²) in [5, 5.41) is 6.30. The predicted molar refractivity (Wildman–Crippen MR) is 47.9 cm³/mol. The van der Waals surface area contributed by atoms with Gasteiger partial charge >= 0.3 is 0 Å². The highest BCUT2D eigenvalue weighted by molar-refractivity contribution is 5.80. The number of pyridine rings is 1. The largest absolute Gasteiger partial charge is 0.265 e. The second kappa shape index (κ2) is 3.57. The van der Waals surface area contributed by atoms with Crippen LogP contribution in [-0.4, -0.2) is 26.4 Å². The van der Waals surface area contributed by atoms with Gasteiger partial charge in [-0.25, -0.2) is 10.1 Å². The van der Waals surface area contributed by atoms with Gasteiger partial charge in [0.05, 0.1) is 0 Å². The standard InChI is InChI=1S/C8H7N5/c1-3-9-4-2-7(1)5-10-8-11-6-12-13-8/h1-6H,(H,11,12,13)/b10-5+. The van der Waals surface area contributed by atoms with Crippen molar-refractivity contribution in [2.75, 3.05) is 0 Å². The molecule has 0 radical (unpaired) electrons. The average molecular weight is 173 g/mol. The highest BCUT2D eigenvalue weighted by atomic mass is 15.2. The summed E-state index contributed by atoms with van der Waals surface area (Å²) in [6.45, 7) is 0. The lowest BCUT2D eigenvalue weighted by Gasteiger charge is -1.87. The van der Waals surface area contributed by atoms with Gasteiger partial charge in [0.15, 0.2) is 0 Å². The third kappa shape index (κ3) is 1.96. The maximum Gasteiger partial charge on any atom is 0.245 e. The third-order valence-corrected chi connectivity index (χ3v) is 1.44. The van der Waals surface area contributed by atoms with Crippen molar-refractivity contribution in [3.63, 3.8) is 0 Å². The van der Waals surface area contributed by atoms with Crippen LogP contribution in [-0.2, 0) is 0 Å². The van der Waals surface area contributed by atoms with E-state index in [2.05, 4.69) is 25.2 Å². The third-order valence-electron chi connectivity index (χ3n) is 1.44. The molecule has 64 valence electrons. The first-order chi connectivity index (χ1) is 6.45. The summed E-state index contributed by atoms with van der Waals surface area (Å²) in [4.78, 5) is 11.8. The van der Waals surface area contributed by atoms with E-state index in [1.165, 1.54) is 6.33 Å². The van der Waals surface area contributed by atoms with Crippen molar-refractivity contribution in [1.82, 2.24) is 20.2 Å². The first-order valence-electron chi connectivity index (χ1n) is 3.74. The van der Waals surface area contributed by atoms with Crippen LogP contribution in [0.5, 0.6) is 0 Å². The second-order valence-electron chi connectivity index (χ2n) is 2.35. The minimum absolute atomic E-state index is 0.497. The molecule has 13 heavy (non-hydrogen) atoms. The number of nitrogens with one attached hydrogen (secondary N) is 1. The first-order valence-corrected chi connectivity index (χ1v) is 3.74. The van der Waals surface area contributed by atoms with Gasteiger partial charge in [-0.05, 0) is 17.7 Å². The topological polar surface area (TPSA) is 66.8 Å². The molecular weight excluding hydrogens is 166 g/mol. The maximum atomic E-state index is 4.05. The highest BCUT2D eigenvalue weighted by Crippen LogP contribution is 1.99. The van der Waals surface area contributed by atoms with E-state index in [4.69, 9.17) is 0 Å². The number of hydrogen-bond donors (Lipinski definition) is 1. The number of H-pyrrole nitrogens is 1. The SMILES string of the molecule is C(=N\c1ncn[nH]1)/c1ccncc1. The molecule has 2 rings (SSSR count). The Kier molecular flexibility index (Phi) is 2.09. The van der Waals surface area contributed by atoms with Crippen LogP contribution in [0, 0.1) is 0 Å². The second-order valence-corrected chi connectivity index (χ2v) is 2.35. The number of nitrogens with zero attached hydrogens (tertiary/aromatic N) is 4. The minimum atomic E-state index is 0.497. The normalized spacial score (nSPS) is 10.8. The maximum absolute atomic E-state index is 4.05. The van der Waals surface area contributed by atoms with Crippen LogP contribution >= 0.6 is 0 Å². The lowest BCUT2D eigenvalue weighted by molar-refractivity contribution is 1.08. The average Bonchev–Trinajstić information content (AvgIpc) is 2.69. The molecule has 0 fully saturated rings. The lowest BCUT2D eigenvalue weighted by atomic mass is 10.3. The molecule has 2 aromatic heterocycles. The zero-order valence-electron chi connectivity index (χ0n) is 6.75. The van der Waals surface area contributed by atoms with Crippen LogP contribution in [0.15, 0.2) is 35.8 Å². The molecule has 0 amide bonds. The Bertz CT molecular complexity index is 378. The summed E-state index contributed by atoms with van der Waals surface area (Å²) >= 11 is 0. The number of aromatic nitrogens is 4. The quantitative estimate of drug-likeness (QED) is 0.687. The van der Waals surface area contributed by atoms with Gasteiger partial charge in [-0.15, -0.1) is 0 Å². The van der Waals surface area contributed by atoms with E-state index in [0.717, 1.165) is 5.56 Å². The van der Waals surface area contributed by atoms with Crippen LogP contribution < -0.4 is 0 Å². The summed E-state index contributed by atoms with van der Waals surface area (Å²) in [5.74, 6) is 0.497. The van der Waals surface area contributed by atoms with Crippen molar-refractivity contribution >= 4 is 12.2 Å². The van der Waals surface area contributed by atoms with Crippen molar-refractivity contribution in [3.8, 4) is 0 Å². The summed E-state index contributed by atoms with van der Waals surface area (Å²) in [6.07, 6.45) is 6.53. The van der Waals surface area contributed by atoms with Crippen molar-refractivity contribution < 1.29 is 0 Å². The van der Waals surface area contributed by atoms with Crippen LogP contribution in [0.2, 0.25) is 0 Å². The van der Waals surface area contributed by atoms with E-state index in [9.17, 15) is 0 Å². The first kappa shape index (κ1) is 7.60. The molecule has 0 spiro atoms. The molecule has 0 saturated carbocycles. The molecule has 2 heterocycles. The summed E-state index contributed by atoms with van der Waals surface area (Å²) in [5.41, 5.74) is 0.978. The van der Waals surface area contributed by atoms with Gasteiger partial charge in [0.25, 0.3) is 0 Å². The van der Waals surface area contributed by atoms with Gasteiger partial charge < -0.3 is 0 Å². The molecule has 0 aliphatic rings. The van der Waals surface area contributed by atoms with Crippen LogP contribution in [0.3, 0.4) is 0 Å². The molecule has 0 saturated heterocycles. The van der Waals surface area contributed by atoms with Gasteiger partial charge in [-0.2, -0.15) is 10.1 Å². The van der Waals surface area contributed by atoms with Crippen LogP contribution in [0.25, 0.3) is 0 Å². The summed E-state index contributed by atoms with van der Waals surface area (Å²) in [7, 11) is 0. The lowest BCUT2D eigenvalue weighted by Crippen LogP contribution is -1.80. The van der Waals surface area contributed by atoms with E-state index in [1.54, 1.807) is 18.6 Å². The van der Waals surface area contributed by atoms with Gasteiger partial charge in [0.2, 0.25) is 5.95 Å². The Balaban J connectivity index is 2.15. The van der Waals surface area contributed by atoms with Crippen molar-refractivity contribution in [3.05, 3.63) is 36.4 Å². The van der Waals surface area contributed by atoms with E-state index >= 15 is 0 Å². The van der Waals surface area contributed by atoms with Crippen molar-refractivity contribution in [1.29, 1.82) is 0 Å². The number of aromatic amines is 1. The molecule has 5 heteroatoms. The molecular formula is C8H7N5. The molecule has 0 bridgehead atoms. The number of hydrogen-bond acceptors (Lipinski definition) is 4. The smallest absolute Gasteiger partial charge is 0.245 e. The Morgan fingerprint density at radius 2 is 2.15 bits per heavy atom. The van der Waals surface area contributed by atoms with Gasteiger partial charge in [0, 0.05) is 18.6 Å². The molecule has 0 aliphatic heterocycles. The van der Waals surface area contributed by atoms with Crippen molar-refractivity contribution in [2.24, 2.45) is 4.99 Å². The Hall–Kier alpha value is -2.04. The van der Waals surface area contributed by atoms with E-state index in [1.807, 2.05) is 12.1 Å². The fourth-order valence-corrected chi connectivity index (χ4v) is 0.846. The Morgan fingerprint density at radius 1 is 1.31 bits per heavy atom. The molecule has 0 aromatic carbocycles. The summed E-state index contributed by atoms with van der Waals surface area (Å²) in [6, 6.07) is 3.72. The highest BCUT2D eigenvalue weighted by Gasteiger charge is 1.88. The zero-order valence-corrected chi connectivity index (χ0v) is 6.75. The Labute approximate surface area is 74.6 Å². The van der Waals surface area contributed by atoms with E-state index < -0.39 is 0 Å². The minimum Gasteiger partial charge on any atom is -0.265 e. The van der Waals surface area contributed by atoms with Gasteiger partial charge in [-0.3, -0.25) is 4.98 Å². The molecule has 1 N–H and O–H groups in total. The monoisotopic (exact) mass is 173 g/mol. The van der Waals surface area contributed by atoms with E-state index in [0.29, 0.717) is 5.95 Å². The van der Waals surface area contributed by atoms with Gasteiger partial charge in [-0.1, -0.05) is 0 Å². The fraction of sp³-hybridized carbons (Fsp3) is 0. The number of aliphatic imine (C=N–C) groups is 1. The van der Waals surface area contributed by atoms with Gasteiger partial charge in [0.1, 0.15) is 6.33 Å². The Morgan fingerprint density at radius 3 is 2.85 bits per heavy atom. The molecule has 2 aromatic rings. The molecule has 0 atom stereocenters.